The Kier molecular flexibility index (Phi) is 7.06. The summed E-state index contributed by atoms with van der Waals surface area (Å²) in [6.07, 6.45) is 0.757. The lowest BCUT2D eigenvalue weighted by Crippen LogP contribution is -2.46. The molecule has 0 saturated carbocycles. The summed E-state index contributed by atoms with van der Waals surface area (Å²) < 4.78 is 6.08. The van der Waals surface area contributed by atoms with Gasteiger partial charge in [0.15, 0.2) is 4.34 Å². The Morgan fingerprint density at radius 2 is 1.94 bits per heavy atom. The molecule has 9 heteroatoms. The van der Waals surface area contributed by atoms with Gasteiger partial charge in [-0.1, -0.05) is 60.4 Å². The second-order valence-electron chi connectivity index (χ2n) is 7.26. The quantitative estimate of drug-likeness (QED) is 0.397. The summed E-state index contributed by atoms with van der Waals surface area (Å²) in [5.41, 5.74) is 1.65. The maximum absolute atomic E-state index is 13.4. The molecule has 2 aromatic carbocycles. The fourth-order valence-corrected chi connectivity index (χ4v) is 5.54. The Labute approximate surface area is 195 Å². The molecule has 1 aliphatic rings. The van der Waals surface area contributed by atoms with E-state index in [1.54, 1.807) is 23.8 Å². The van der Waals surface area contributed by atoms with Crippen molar-refractivity contribution in [2.24, 2.45) is 5.92 Å². The molecule has 2 heterocycles. The highest BCUT2D eigenvalue weighted by Gasteiger charge is 2.41. The second kappa shape index (κ2) is 10.1. The first-order valence-electron chi connectivity index (χ1n) is 10.4. The van der Waals surface area contributed by atoms with Gasteiger partial charge in [-0.2, -0.15) is 0 Å². The molecule has 1 aliphatic heterocycles. The van der Waals surface area contributed by atoms with E-state index in [9.17, 15) is 9.59 Å². The number of carbonyl (C=O) groups excluding carboxylic acids is 2. The molecular formula is C23H24N4O3S2. The number of methoxy groups -OCH3 is 1. The van der Waals surface area contributed by atoms with Crippen LogP contribution in [0.25, 0.3) is 0 Å². The van der Waals surface area contributed by atoms with Crippen LogP contribution >= 0.6 is 23.1 Å². The number of nitrogens with one attached hydrogen (secondary N) is 1. The predicted molar refractivity (Wildman–Crippen MR) is 127 cm³/mol. The summed E-state index contributed by atoms with van der Waals surface area (Å²) >= 11 is 2.95. The van der Waals surface area contributed by atoms with Crippen LogP contribution in [-0.4, -0.2) is 34.9 Å². The third-order valence-corrected chi connectivity index (χ3v) is 7.18. The minimum Gasteiger partial charge on any atom is -0.497 e. The zero-order chi connectivity index (χ0) is 22.5. The molecule has 166 valence electrons. The molecule has 32 heavy (non-hydrogen) atoms. The first-order chi connectivity index (χ1) is 15.6. The summed E-state index contributed by atoms with van der Waals surface area (Å²) in [7, 11) is 1.60. The van der Waals surface area contributed by atoms with E-state index in [4.69, 9.17) is 4.74 Å². The van der Waals surface area contributed by atoms with Crippen LogP contribution in [0.3, 0.4) is 0 Å². The van der Waals surface area contributed by atoms with Crippen molar-refractivity contribution in [2.45, 2.75) is 30.1 Å². The minimum atomic E-state index is -0.428. The molecule has 0 bridgehead atoms. The van der Waals surface area contributed by atoms with Crippen LogP contribution in [0, 0.1) is 5.92 Å². The largest absolute Gasteiger partial charge is 0.497 e. The molecule has 7 nitrogen and oxygen atoms in total. The van der Waals surface area contributed by atoms with E-state index in [-0.39, 0.29) is 11.8 Å². The molecule has 1 saturated heterocycles. The van der Waals surface area contributed by atoms with Crippen molar-refractivity contribution in [2.75, 3.05) is 23.1 Å². The van der Waals surface area contributed by atoms with Gasteiger partial charge >= 0.3 is 0 Å². The topological polar surface area (TPSA) is 84.4 Å². The van der Waals surface area contributed by atoms with Gasteiger partial charge in [0.1, 0.15) is 5.75 Å². The number of hydrogen-bond acceptors (Lipinski definition) is 7. The average Bonchev–Trinajstić information content (AvgIpc) is 3.26. The van der Waals surface area contributed by atoms with Crippen molar-refractivity contribution >= 4 is 45.7 Å². The number of rotatable bonds is 7. The molecular weight excluding hydrogens is 444 g/mol. The number of thioether (sulfide) groups is 1. The van der Waals surface area contributed by atoms with Gasteiger partial charge in [0.25, 0.3) is 0 Å². The van der Waals surface area contributed by atoms with Crippen LogP contribution in [0.2, 0.25) is 0 Å². The lowest BCUT2D eigenvalue weighted by Gasteiger charge is -2.40. The van der Waals surface area contributed by atoms with Crippen LogP contribution in [0.1, 0.15) is 31.4 Å². The number of hydrogen-bond donors (Lipinski definition) is 1. The summed E-state index contributed by atoms with van der Waals surface area (Å²) in [5.74, 6) is 1.00. The van der Waals surface area contributed by atoms with Crippen LogP contribution < -0.4 is 15.0 Å². The van der Waals surface area contributed by atoms with Crippen molar-refractivity contribution < 1.29 is 14.3 Å². The molecule has 1 N–H and O–H groups in total. The molecule has 1 aromatic heterocycles. The number of piperidine rings is 1. The van der Waals surface area contributed by atoms with Gasteiger partial charge in [-0.25, -0.2) is 0 Å². The SMILES string of the molecule is CCSc1nnc(NC(=O)C2CCC(=O)N(c3ccc(OC)cc3)C2c2ccccc2)s1. The van der Waals surface area contributed by atoms with E-state index < -0.39 is 12.0 Å². The number of carbonyl (C=O) groups is 2. The predicted octanol–water partition coefficient (Wildman–Crippen LogP) is 4.78. The lowest BCUT2D eigenvalue weighted by atomic mass is 9.83. The van der Waals surface area contributed by atoms with Gasteiger partial charge in [-0.05, 0) is 42.0 Å². The van der Waals surface area contributed by atoms with E-state index >= 15 is 0 Å². The third kappa shape index (κ3) is 4.78. The summed E-state index contributed by atoms with van der Waals surface area (Å²) in [6.45, 7) is 2.04. The van der Waals surface area contributed by atoms with Gasteiger partial charge in [0.2, 0.25) is 16.9 Å². The Balaban J connectivity index is 1.66. The summed E-state index contributed by atoms with van der Waals surface area (Å²) in [5, 5.41) is 11.6. The van der Waals surface area contributed by atoms with Crippen LogP contribution in [0.5, 0.6) is 5.75 Å². The van der Waals surface area contributed by atoms with Gasteiger partial charge in [-0.15, -0.1) is 10.2 Å². The van der Waals surface area contributed by atoms with Gasteiger partial charge < -0.3 is 15.0 Å². The minimum absolute atomic E-state index is 0.00869. The van der Waals surface area contributed by atoms with Crippen molar-refractivity contribution in [1.82, 2.24) is 10.2 Å². The Morgan fingerprint density at radius 1 is 1.19 bits per heavy atom. The molecule has 2 atom stereocenters. The summed E-state index contributed by atoms with van der Waals surface area (Å²) in [4.78, 5) is 28.2. The number of nitrogens with zero attached hydrogens (tertiary/aromatic N) is 3. The highest BCUT2D eigenvalue weighted by atomic mass is 32.2. The fraction of sp³-hybridized carbons (Fsp3) is 0.304. The molecule has 1 fully saturated rings. The van der Waals surface area contributed by atoms with Crippen molar-refractivity contribution in [3.8, 4) is 5.75 Å². The second-order valence-corrected chi connectivity index (χ2v) is 9.75. The first-order valence-corrected chi connectivity index (χ1v) is 12.2. The number of benzene rings is 2. The monoisotopic (exact) mass is 468 g/mol. The van der Waals surface area contributed by atoms with Crippen LogP contribution in [0.15, 0.2) is 58.9 Å². The van der Waals surface area contributed by atoms with Crippen LogP contribution in [0.4, 0.5) is 10.8 Å². The number of ether oxygens (including phenoxy) is 1. The molecule has 2 amide bonds. The number of aromatic nitrogens is 2. The molecule has 2 unspecified atom stereocenters. The van der Waals surface area contributed by atoms with Gasteiger partial charge in [0.05, 0.1) is 19.1 Å². The van der Waals surface area contributed by atoms with Gasteiger partial charge in [0, 0.05) is 12.1 Å². The molecule has 0 aliphatic carbocycles. The molecule has 0 radical (unpaired) electrons. The van der Waals surface area contributed by atoms with E-state index in [1.807, 2.05) is 61.5 Å². The molecule has 3 aromatic rings. The zero-order valence-corrected chi connectivity index (χ0v) is 19.5. The van der Waals surface area contributed by atoms with Gasteiger partial charge in [-0.3, -0.25) is 9.59 Å². The lowest BCUT2D eigenvalue weighted by molar-refractivity contribution is -0.125. The Morgan fingerprint density at radius 3 is 2.62 bits per heavy atom. The van der Waals surface area contributed by atoms with Crippen molar-refractivity contribution in [1.29, 1.82) is 0 Å². The van der Waals surface area contributed by atoms with E-state index in [1.165, 1.54) is 11.3 Å². The maximum atomic E-state index is 13.4. The normalized spacial score (nSPS) is 18.4. The number of anilines is 2. The van der Waals surface area contributed by atoms with E-state index in [2.05, 4.69) is 15.5 Å². The van der Waals surface area contributed by atoms with Crippen molar-refractivity contribution in [3.63, 3.8) is 0 Å². The fourth-order valence-electron chi connectivity index (χ4n) is 3.89. The maximum Gasteiger partial charge on any atom is 0.231 e. The van der Waals surface area contributed by atoms with E-state index in [0.717, 1.165) is 21.3 Å². The smallest absolute Gasteiger partial charge is 0.231 e. The highest BCUT2D eigenvalue weighted by Crippen LogP contribution is 2.41. The summed E-state index contributed by atoms with van der Waals surface area (Å²) in [6, 6.07) is 16.6. The number of amides is 2. The third-order valence-electron chi connectivity index (χ3n) is 5.33. The standard InChI is InChI=1S/C23H24N4O3S2/c1-3-31-23-26-25-22(32-23)24-21(29)18-13-14-19(28)27(16-9-11-17(30-2)12-10-16)20(18)15-7-5-4-6-8-15/h4-12,18,20H,3,13-14H2,1-2H3,(H,24,25,29). The van der Waals surface area contributed by atoms with Crippen LogP contribution in [-0.2, 0) is 9.59 Å². The zero-order valence-electron chi connectivity index (χ0n) is 17.9. The average molecular weight is 469 g/mol. The molecule has 0 spiro atoms. The molecule has 4 rings (SSSR count). The Hall–Kier alpha value is -2.91. The Bertz CT molecular complexity index is 1070. The van der Waals surface area contributed by atoms with Crippen molar-refractivity contribution in [3.05, 3.63) is 60.2 Å². The highest BCUT2D eigenvalue weighted by molar-refractivity contribution is 8.01. The van der Waals surface area contributed by atoms with E-state index in [0.29, 0.717) is 23.7 Å². The first kappa shape index (κ1) is 22.3.